The highest BCUT2D eigenvalue weighted by Gasteiger charge is 2.12. The Morgan fingerprint density at radius 3 is 2.62 bits per heavy atom. The summed E-state index contributed by atoms with van der Waals surface area (Å²) in [6, 6.07) is 5.55. The van der Waals surface area contributed by atoms with Gasteiger partial charge in [0, 0.05) is 12.1 Å². The molecule has 0 saturated heterocycles. The molecular formula is C15H24ClNO3S. The molecule has 0 aliphatic carbocycles. The molecule has 0 spiro atoms. The topological polar surface area (TPSA) is 55.4 Å². The third kappa shape index (κ3) is 6.68. The Morgan fingerprint density at radius 1 is 1.19 bits per heavy atom. The van der Waals surface area contributed by atoms with Crippen molar-refractivity contribution in [3.05, 3.63) is 28.8 Å². The van der Waals surface area contributed by atoms with Gasteiger partial charge in [0.15, 0.2) is 9.84 Å². The lowest BCUT2D eigenvalue weighted by Gasteiger charge is -2.13. The zero-order valence-corrected chi connectivity index (χ0v) is 14.3. The smallest absolute Gasteiger partial charge is 0.153 e. The Balaban J connectivity index is 2.65. The number of ether oxygens (including phenoxy) is 1. The molecule has 0 heterocycles. The van der Waals surface area contributed by atoms with Crippen LogP contribution in [0.25, 0.3) is 0 Å². The molecular weight excluding hydrogens is 310 g/mol. The molecule has 0 aliphatic heterocycles. The van der Waals surface area contributed by atoms with Gasteiger partial charge in [-0.3, -0.25) is 0 Å². The second kappa shape index (κ2) is 9.28. The molecule has 1 aromatic rings. The van der Waals surface area contributed by atoms with Gasteiger partial charge >= 0.3 is 0 Å². The van der Waals surface area contributed by atoms with E-state index in [4.69, 9.17) is 16.3 Å². The van der Waals surface area contributed by atoms with Crippen LogP contribution in [0.3, 0.4) is 0 Å². The summed E-state index contributed by atoms with van der Waals surface area (Å²) < 4.78 is 29.0. The van der Waals surface area contributed by atoms with E-state index in [0.29, 0.717) is 23.7 Å². The van der Waals surface area contributed by atoms with E-state index in [2.05, 4.69) is 12.2 Å². The summed E-state index contributed by atoms with van der Waals surface area (Å²) in [5, 5.41) is 3.80. The second-order valence-electron chi connectivity index (χ2n) is 4.91. The molecule has 1 N–H and O–H groups in total. The van der Waals surface area contributed by atoms with Gasteiger partial charge in [-0.05, 0) is 25.5 Å². The van der Waals surface area contributed by atoms with Gasteiger partial charge in [0.05, 0.1) is 16.5 Å². The number of hydrogen-bond donors (Lipinski definition) is 1. The monoisotopic (exact) mass is 333 g/mol. The molecule has 0 bridgehead atoms. The van der Waals surface area contributed by atoms with Crippen molar-refractivity contribution in [1.82, 2.24) is 5.32 Å². The SMILES string of the molecule is CCCNCc1cccc(Cl)c1OCCS(=O)(=O)CCC. The number of rotatable bonds is 10. The Morgan fingerprint density at radius 2 is 1.95 bits per heavy atom. The largest absolute Gasteiger partial charge is 0.491 e. The van der Waals surface area contributed by atoms with Crippen molar-refractivity contribution in [2.75, 3.05) is 24.7 Å². The van der Waals surface area contributed by atoms with E-state index < -0.39 is 9.84 Å². The fraction of sp³-hybridized carbons (Fsp3) is 0.600. The third-order valence-electron chi connectivity index (χ3n) is 2.95. The molecule has 0 radical (unpaired) electrons. The van der Waals surface area contributed by atoms with Gasteiger partial charge < -0.3 is 10.1 Å². The summed E-state index contributed by atoms with van der Waals surface area (Å²) in [5.41, 5.74) is 0.948. The lowest BCUT2D eigenvalue weighted by molar-refractivity contribution is 0.336. The number of halogens is 1. The van der Waals surface area contributed by atoms with Crippen LogP contribution in [0, 0.1) is 0 Å². The average Bonchev–Trinajstić information content (AvgIpc) is 2.41. The van der Waals surface area contributed by atoms with Crippen LogP contribution >= 0.6 is 11.6 Å². The fourth-order valence-corrected chi connectivity index (χ4v) is 3.35. The fourth-order valence-electron chi connectivity index (χ4n) is 1.94. The summed E-state index contributed by atoms with van der Waals surface area (Å²) in [7, 11) is -3.03. The quantitative estimate of drug-likeness (QED) is 0.669. The molecule has 0 aromatic heterocycles. The summed E-state index contributed by atoms with van der Waals surface area (Å²) in [4.78, 5) is 0. The zero-order chi connectivity index (χ0) is 15.7. The maximum absolute atomic E-state index is 11.7. The highest BCUT2D eigenvalue weighted by Crippen LogP contribution is 2.28. The normalized spacial score (nSPS) is 11.6. The number of hydrogen-bond acceptors (Lipinski definition) is 4. The van der Waals surface area contributed by atoms with Gasteiger partial charge in [0.25, 0.3) is 0 Å². The number of nitrogens with one attached hydrogen (secondary N) is 1. The molecule has 1 rings (SSSR count). The van der Waals surface area contributed by atoms with Crippen molar-refractivity contribution in [2.45, 2.75) is 33.2 Å². The highest BCUT2D eigenvalue weighted by atomic mass is 35.5. The molecule has 0 saturated carbocycles. The molecule has 0 atom stereocenters. The summed E-state index contributed by atoms with van der Waals surface area (Å²) in [6.45, 7) is 5.65. The van der Waals surface area contributed by atoms with Crippen LogP contribution in [0.2, 0.25) is 5.02 Å². The molecule has 6 heteroatoms. The molecule has 0 unspecified atom stereocenters. The minimum Gasteiger partial charge on any atom is -0.491 e. The van der Waals surface area contributed by atoms with Crippen molar-refractivity contribution in [3.8, 4) is 5.75 Å². The first-order valence-corrected chi connectivity index (χ1v) is 9.51. The van der Waals surface area contributed by atoms with E-state index >= 15 is 0 Å². The van der Waals surface area contributed by atoms with E-state index in [0.717, 1.165) is 18.5 Å². The summed E-state index contributed by atoms with van der Waals surface area (Å²) in [6.07, 6.45) is 1.67. The van der Waals surface area contributed by atoms with Gasteiger partial charge in [-0.1, -0.05) is 37.6 Å². The third-order valence-corrected chi connectivity index (χ3v) is 5.06. The molecule has 120 valence electrons. The summed E-state index contributed by atoms with van der Waals surface area (Å²) >= 11 is 6.15. The van der Waals surface area contributed by atoms with Gasteiger partial charge in [0.1, 0.15) is 12.4 Å². The molecule has 0 aliphatic rings. The number of sulfone groups is 1. The van der Waals surface area contributed by atoms with E-state index in [9.17, 15) is 8.42 Å². The average molecular weight is 334 g/mol. The van der Waals surface area contributed by atoms with E-state index in [1.54, 1.807) is 6.07 Å². The second-order valence-corrected chi connectivity index (χ2v) is 7.62. The van der Waals surface area contributed by atoms with Crippen molar-refractivity contribution in [3.63, 3.8) is 0 Å². The van der Waals surface area contributed by atoms with Crippen LogP contribution in [-0.4, -0.2) is 33.1 Å². The predicted molar refractivity (Wildman–Crippen MR) is 87.9 cm³/mol. The van der Waals surface area contributed by atoms with Crippen LogP contribution in [0.1, 0.15) is 32.3 Å². The van der Waals surface area contributed by atoms with Crippen LogP contribution in [-0.2, 0) is 16.4 Å². The predicted octanol–water partition coefficient (Wildman–Crippen LogP) is 3.04. The van der Waals surface area contributed by atoms with Crippen LogP contribution in [0.5, 0.6) is 5.75 Å². The first-order chi connectivity index (χ1) is 10.00. The Hall–Kier alpha value is -0.780. The first kappa shape index (κ1) is 18.3. The van der Waals surface area contributed by atoms with Gasteiger partial charge in [0.2, 0.25) is 0 Å². The van der Waals surface area contributed by atoms with Crippen molar-refractivity contribution < 1.29 is 13.2 Å². The van der Waals surface area contributed by atoms with Gasteiger partial charge in [-0.15, -0.1) is 0 Å². The first-order valence-electron chi connectivity index (χ1n) is 7.31. The molecule has 0 fully saturated rings. The number of para-hydroxylation sites is 1. The summed E-state index contributed by atoms with van der Waals surface area (Å²) in [5.74, 6) is 0.798. The lowest BCUT2D eigenvalue weighted by Crippen LogP contribution is -2.18. The maximum atomic E-state index is 11.7. The van der Waals surface area contributed by atoms with E-state index in [1.165, 1.54) is 0 Å². The zero-order valence-electron chi connectivity index (χ0n) is 12.7. The lowest BCUT2D eigenvalue weighted by atomic mass is 10.2. The van der Waals surface area contributed by atoms with E-state index in [1.807, 2.05) is 19.1 Å². The van der Waals surface area contributed by atoms with Gasteiger partial charge in [-0.25, -0.2) is 8.42 Å². The Kier molecular flexibility index (Phi) is 8.07. The van der Waals surface area contributed by atoms with Gasteiger partial charge in [-0.2, -0.15) is 0 Å². The Labute approximate surface area is 132 Å². The van der Waals surface area contributed by atoms with Crippen molar-refractivity contribution >= 4 is 21.4 Å². The van der Waals surface area contributed by atoms with Crippen LogP contribution in [0.15, 0.2) is 18.2 Å². The molecule has 0 amide bonds. The van der Waals surface area contributed by atoms with E-state index in [-0.39, 0.29) is 18.1 Å². The van der Waals surface area contributed by atoms with Crippen LogP contribution in [0.4, 0.5) is 0 Å². The molecule has 4 nitrogen and oxygen atoms in total. The minimum absolute atomic E-state index is 0.0217. The molecule has 1 aromatic carbocycles. The van der Waals surface area contributed by atoms with Crippen molar-refractivity contribution in [1.29, 1.82) is 0 Å². The highest BCUT2D eigenvalue weighted by molar-refractivity contribution is 7.91. The standard InChI is InChI=1S/C15H24ClNO3S/c1-3-8-17-12-13-6-5-7-14(16)15(13)20-9-11-21(18,19)10-4-2/h5-7,17H,3-4,8-12H2,1-2H3. The van der Waals surface area contributed by atoms with Crippen LogP contribution < -0.4 is 10.1 Å². The van der Waals surface area contributed by atoms with Crippen molar-refractivity contribution in [2.24, 2.45) is 0 Å². The Bertz CT molecular complexity index is 532. The number of benzene rings is 1. The molecule has 21 heavy (non-hydrogen) atoms. The maximum Gasteiger partial charge on any atom is 0.153 e. The minimum atomic E-state index is -3.03.